The molecule has 178 valence electrons. The minimum Gasteiger partial charge on any atom is -0.489 e. The van der Waals surface area contributed by atoms with Crippen LogP contribution in [0.1, 0.15) is 41.1 Å². The van der Waals surface area contributed by atoms with Crippen LogP contribution in [0.25, 0.3) is 0 Å². The predicted molar refractivity (Wildman–Crippen MR) is 122 cm³/mol. The fourth-order valence-corrected chi connectivity index (χ4v) is 4.54. The Hall–Kier alpha value is -3.32. The first kappa shape index (κ1) is 23.8. The highest BCUT2D eigenvalue weighted by molar-refractivity contribution is 5.70. The molecule has 1 fully saturated rings. The van der Waals surface area contributed by atoms with Gasteiger partial charge in [-0.15, -0.1) is 0 Å². The predicted octanol–water partition coefficient (Wildman–Crippen LogP) is 6.17. The molecule has 4 nitrogen and oxygen atoms in total. The van der Waals surface area contributed by atoms with Crippen LogP contribution in [0.2, 0.25) is 0 Å². The molecule has 0 saturated carbocycles. The highest BCUT2D eigenvalue weighted by Gasteiger charge is 2.38. The van der Waals surface area contributed by atoms with Crippen molar-refractivity contribution < 1.29 is 27.8 Å². The van der Waals surface area contributed by atoms with E-state index in [1.54, 1.807) is 30.3 Å². The molecule has 1 saturated heterocycles. The first-order valence-corrected chi connectivity index (χ1v) is 11.2. The summed E-state index contributed by atoms with van der Waals surface area (Å²) in [5, 5.41) is 9.56. The van der Waals surface area contributed by atoms with Crippen LogP contribution in [-0.2, 0) is 17.6 Å². The van der Waals surface area contributed by atoms with Crippen molar-refractivity contribution in [2.75, 3.05) is 13.1 Å². The second kappa shape index (κ2) is 10.3. The lowest BCUT2D eigenvalue weighted by molar-refractivity contribution is -0.144. The van der Waals surface area contributed by atoms with E-state index in [2.05, 4.69) is 0 Å². The molecule has 2 atom stereocenters. The summed E-state index contributed by atoms with van der Waals surface area (Å²) < 4.78 is 47.8. The van der Waals surface area contributed by atoms with Gasteiger partial charge in [-0.1, -0.05) is 60.7 Å². The van der Waals surface area contributed by atoms with Gasteiger partial charge in [0.25, 0.3) is 0 Å². The largest absolute Gasteiger partial charge is 0.489 e. The first-order chi connectivity index (χ1) is 16.3. The fraction of sp³-hybridized carbons (Fsp3) is 0.296. The Morgan fingerprint density at radius 3 is 2.50 bits per heavy atom. The second-order valence-corrected chi connectivity index (χ2v) is 8.51. The van der Waals surface area contributed by atoms with Gasteiger partial charge >= 0.3 is 12.1 Å². The molecule has 3 aromatic carbocycles. The normalized spacial score (nSPS) is 17.8. The van der Waals surface area contributed by atoms with Gasteiger partial charge in [0.1, 0.15) is 12.4 Å². The number of alkyl halides is 3. The summed E-state index contributed by atoms with van der Waals surface area (Å²) in [7, 11) is 0. The highest BCUT2D eigenvalue weighted by Crippen LogP contribution is 2.41. The Morgan fingerprint density at radius 1 is 1.03 bits per heavy atom. The number of benzene rings is 3. The van der Waals surface area contributed by atoms with E-state index in [0.29, 0.717) is 37.3 Å². The number of halogens is 3. The number of rotatable bonds is 7. The molecule has 3 aromatic rings. The molecule has 1 N–H and O–H groups in total. The number of carboxylic acids is 1. The zero-order valence-electron chi connectivity index (χ0n) is 18.5. The van der Waals surface area contributed by atoms with E-state index < -0.39 is 29.7 Å². The molecule has 0 spiro atoms. The summed E-state index contributed by atoms with van der Waals surface area (Å²) in [6.45, 7) is 1.02. The zero-order chi connectivity index (χ0) is 24.1. The van der Waals surface area contributed by atoms with Crippen LogP contribution in [0.15, 0.2) is 78.9 Å². The average molecular weight is 470 g/mol. The van der Waals surface area contributed by atoms with Gasteiger partial charge in [-0.3, -0.25) is 9.69 Å². The van der Waals surface area contributed by atoms with Crippen molar-refractivity contribution in [3.63, 3.8) is 0 Å². The number of nitrogens with zero attached hydrogens (tertiary/aromatic N) is 1. The van der Waals surface area contributed by atoms with Gasteiger partial charge in [0.15, 0.2) is 0 Å². The topological polar surface area (TPSA) is 49.8 Å². The second-order valence-electron chi connectivity index (χ2n) is 8.51. The average Bonchev–Trinajstić information content (AvgIpc) is 2.84. The maximum Gasteiger partial charge on any atom is 0.416 e. The molecule has 1 heterocycles. The summed E-state index contributed by atoms with van der Waals surface area (Å²) in [6.07, 6.45) is -3.41. The third-order valence-corrected chi connectivity index (χ3v) is 6.15. The van der Waals surface area contributed by atoms with Gasteiger partial charge in [0, 0.05) is 6.54 Å². The highest BCUT2D eigenvalue weighted by atomic mass is 19.4. The van der Waals surface area contributed by atoms with Gasteiger partial charge in [0.2, 0.25) is 0 Å². The van der Waals surface area contributed by atoms with Crippen LogP contribution < -0.4 is 4.74 Å². The summed E-state index contributed by atoms with van der Waals surface area (Å²) >= 11 is 0. The van der Waals surface area contributed by atoms with E-state index in [1.165, 1.54) is 12.1 Å². The quantitative estimate of drug-likeness (QED) is 0.450. The van der Waals surface area contributed by atoms with Crippen molar-refractivity contribution in [1.82, 2.24) is 4.90 Å². The zero-order valence-corrected chi connectivity index (χ0v) is 18.5. The number of carboxylic acid groups (broad SMARTS) is 1. The van der Waals surface area contributed by atoms with Crippen molar-refractivity contribution in [3.05, 3.63) is 101 Å². The van der Waals surface area contributed by atoms with Crippen molar-refractivity contribution in [3.8, 4) is 5.75 Å². The van der Waals surface area contributed by atoms with Crippen molar-refractivity contribution in [2.24, 2.45) is 5.92 Å². The lowest BCUT2D eigenvalue weighted by Crippen LogP contribution is -2.41. The van der Waals surface area contributed by atoms with E-state index in [0.717, 1.165) is 11.6 Å². The van der Waals surface area contributed by atoms with Gasteiger partial charge in [0.05, 0.1) is 17.5 Å². The third-order valence-electron chi connectivity index (χ3n) is 6.15. The molecule has 7 heteroatoms. The molecule has 34 heavy (non-hydrogen) atoms. The smallest absolute Gasteiger partial charge is 0.416 e. The third kappa shape index (κ3) is 5.59. The number of likely N-dealkylation sites (tertiary alicyclic amines) is 1. The Morgan fingerprint density at radius 2 is 1.76 bits per heavy atom. The molecule has 0 bridgehead atoms. The van der Waals surface area contributed by atoms with Crippen LogP contribution >= 0.6 is 0 Å². The van der Waals surface area contributed by atoms with Gasteiger partial charge in [-0.2, -0.15) is 13.2 Å². The number of piperidine rings is 1. The van der Waals surface area contributed by atoms with E-state index in [-0.39, 0.29) is 12.1 Å². The molecule has 2 unspecified atom stereocenters. The molecule has 4 rings (SSSR count). The first-order valence-electron chi connectivity index (χ1n) is 11.2. The van der Waals surface area contributed by atoms with E-state index in [4.69, 9.17) is 4.74 Å². The molecule has 1 aliphatic rings. The Kier molecular flexibility index (Phi) is 7.22. The summed E-state index contributed by atoms with van der Waals surface area (Å²) in [5.41, 5.74) is 1.01. The summed E-state index contributed by atoms with van der Waals surface area (Å²) in [4.78, 5) is 13.5. The number of hydrogen-bond donors (Lipinski definition) is 1. The number of aliphatic carboxylic acids is 1. The van der Waals surface area contributed by atoms with Crippen LogP contribution in [0.5, 0.6) is 5.75 Å². The maximum atomic E-state index is 13.9. The molecular formula is C27H26F3NO3. The molecule has 0 aliphatic carbocycles. The van der Waals surface area contributed by atoms with E-state index >= 15 is 0 Å². The molecule has 0 amide bonds. The van der Waals surface area contributed by atoms with Crippen LogP contribution in [0.4, 0.5) is 13.2 Å². The fourth-order valence-electron chi connectivity index (χ4n) is 4.54. The SMILES string of the molecule is O=C(O)C1CCCN(C(c2cccc(OCc3ccccc3)c2)c2ccccc2C(F)(F)F)C1. The van der Waals surface area contributed by atoms with E-state index in [9.17, 15) is 23.1 Å². The number of carbonyl (C=O) groups is 1. The van der Waals surface area contributed by atoms with Gasteiger partial charge in [-0.25, -0.2) is 0 Å². The van der Waals surface area contributed by atoms with Crippen LogP contribution in [-0.4, -0.2) is 29.1 Å². The Balaban J connectivity index is 1.71. The minimum absolute atomic E-state index is 0.112. The van der Waals surface area contributed by atoms with Crippen LogP contribution in [0.3, 0.4) is 0 Å². The van der Waals surface area contributed by atoms with Crippen molar-refractivity contribution >= 4 is 5.97 Å². The molecule has 0 aromatic heterocycles. The summed E-state index contributed by atoms with van der Waals surface area (Å²) in [6, 6.07) is 21.4. The maximum absolute atomic E-state index is 13.9. The van der Waals surface area contributed by atoms with Gasteiger partial charge < -0.3 is 9.84 Å². The standard InChI is InChI=1S/C27H26F3NO3/c28-27(29,30)24-14-5-4-13-23(24)25(31-15-7-11-21(17-31)26(32)33)20-10-6-12-22(16-20)34-18-19-8-2-1-3-9-19/h1-6,8-10,12-14,16,21,25H,7,11,15,17-18H2,(H,32,33). The molecule has 1 aliphatic heterocycles. The van der Waals surface area contributed by atoms with E-state index in [1.807, 2.05) is 35.2 Å². The Bertz CT molecular complexity index is 1120. The lowest BCUT2D eigenvalue weighted by atomic mass is 9.89. The van der Waals surface area contributed by atoms with Gasteiger partial charge in [-0.05, 0) is 54.3 Å². The molecular weight excluding hydrogens is 443 g/mol. The lowest BCUT2D eigenvalue weighted by Gasteiger charge is -2.38. The number of hydrogen-bond acceptors (Lipinski definition) is 3. The monoisotopic (exact) mass is 469 g/mol. The molecule has 0 radical (unpaired) electrons. The minimum atomic E-state index is -4.53. The number of ether oxygens (including phenoxy) is 1. The van der Waals surface area contributed by atoms with Crippen LogP contribution in [0, 0.1) is 5.92 Å². The van der Waals surface area contributed by atoms with Crippen molar-refractivity contribution in [2.45, 2.75) is 31.7 Å². The Labute approximate surface area is 196 Å². The van der Waals surface area contributed by atoms with Crippen molar-refractivity contribution in [1.29, 1.82) is 0 Å². The summed E-state index contributed by atoms with van der Waals surface area (Å²) in [5.74, 6) is -0.998.